The highest BCUT2D eigenvalue weighted by Crippen LogP contribution is 2.30. The quantitative estimate of drug-likeness (QED) is 0.825. The van der Waals surface area contributed by atoms with Crippen molar-refractivity contribution in [1.82, 2.24) is 0 Å². The Hall–Kier alpha value is -3.08. The lowest BCUT2D eigenvalue weighted by atomic mass is 10.1. The Bertz CT molecular complexity index is 794. The molecule has 1 saturated heterocycles. The molecular weight excluding hydrogens is 314 g/mol. The highest BCUT2D eigenvalue weighted by molar-refractivity contribution is 6.05. The molecule has 2 amide bonds. The smallest absolute Gasteiger partial charge is 0.248 e. The van der Waals surface area contributed by atoms with Crippen molar-refractivity contribution in [3.05, 3.63) is 65.7 Å². The average molecular weight is 335 g/mol. The molecule has 0 radical (unpaired) electrons. The number of nitrogens with one attached hydrogen (secondary N) is 1. The lowest BCUT2D eigenvalue weighted by Gasteiger charge is -2.21. The normalized spacial score (nSPS) is 14.0. The van der Waals surface area contributed by atoms with E-state index in [1.165, 1.54) is 6.08 Å². The lowest BCUT2D eigenvalue weighted by Crippen LogP contribution is -2.21. The third-order valence-corrected chi connectivity index (χ3v) is 4.21. The van der Waals surface area contributed by atoms with Crippen molar-refractivity contribution in [2.24, 2.45) is 5.73 Å². The molecule has 1 heterocycles. The first-order valence-corrected chi connectivity index (χ1v) is 8.36. The van der Waals surface area contributed by atoms with Crippen LogP contribution in [0.15, 0.2) is 54.6 Å². The van der Waals surface area contributed by atoms with Gasteiger partial charge >= 0.3 is 0 Å². The first-order valence-electron chi connectivity index (χ1n) is 8.36. The summed E-state index contributed by atoms with van der Waals surface area (Å²) in [6.07, 6.45) is 5.49. The van der Waals surface area contributed by atoms with E-state index in [2.05, 4.69) is 10.2 Å². The fourth-order valence-electron chi connectivity index (χ4n) is 2.93. The summed E-state index contributed by atoms with van der Waals surface area (Å²) in [6, 6.07) is 14.8. The zero-order valence-corrected chi connectivity index (χ0v) is 13.9. The van der Waals surface area contributed by atoms with Crippen LogP contribution in [-0.2, 0) is 4.79 Å². The van der Waals surface area contributed by atoms with Gasteiger partial charge in [0.25, 0.3) is 0 Å². The van der Waals surface area contributed by atoms with Gasteiger partial charge in [-0.15, -0.1) is 0 Å². The predicted molar refractivity (Wildman–Crippen MR) is 101 cm³/mol. The van der Waals surface area contributed by atoms with Gasteiger partial charge in [-0.2, -0.15) is 0 Å². The van der Waals surface area contributed by atoms with Crippen molar-refractivity contribution in [3.63, 3.8) is 0 Å². The summed E-state index contributed by atoms with van der Waals surface area (Å²) in [6.45, 7) is 1.89. The Morgan fingerprint density at radius 1 is 1.04 bits per heavy atom. The number of anilines is 2. The van der Waals surface area contributed by atoms with E-state index in [-0.39, 0.29) is 5.91 Å². The van der Waals surface area contributed by atoms with Crippen LogP contribution in [0.4, 0.5) is 11.4 Å². The maximum atomic E-state index is 12.3. The Kier molecular flexibility index (Phi) is 5.14. The minimum atomic E-state index is -0.511. The summed E-state index contributed by atoms with van der Waals surface area (Å²) in [7, 11) is 0. The van der Waals surface area contributed by atoms with Crippen LogP contribution in [0.1, 0.15) is 28.8 Å². The molecule has 1 aliphatic rings. The first-order chi connectivity index (χ1) is 12.1. The molecular formula is C20H21N3O2. The van der Waals surface area contributed by atoms with Crippen LogP contribution in [0.5, 0.6) is 0 Å². The van der Waals surface area contributed by atoms with Crippen LogP contribution < -0.4 is 16.0 Å². The fourth-order valence-corrected chi connectivity index (χ4v) is 2.93. The van der Waals surface area contributed by atoms with E-state index >= 15 is 0 Å². The summed E-state index contributed by atoms with van der Waals surface area (Å²) in [5, 5.41) is 2.88. The second-order valence-electron chi connectivity index (χ2n) is 6.02. The lowest BCUT2D eigenvalue weighted by molar-refractivity contribution is -0.111. The third kappa shape index (κ3) is 4.26. The fraction of sp³-hybridized carbons (Fsp3) is 0.200. The minimum absolute atomic E-state index is 0.245. The van der Waals surface area contributed by atoms with Crippen LogP contribution in [0, 0.1) is 0 Å². The Labute approximate surface area is 147 Å². The van der Waals surface area contributed by atoms with Gasteiger partial charge in [-0.1, -0.05) is 30.3 Å². The van der Waals surface area contributed by atoms with Gasteiger partial charge in [0.2, 0.25) is 11.8 Å². The van der Waals surface area contributed by atoms with Crippen LogP contribution in [0.2, 0.25) is 0 Å². The Morgan fingerprint density at radius 2 is 1.76 bits per heavy atom. The van der Waals surface area contributed by atoms with Gasteiger partial charge in [0, 0.05) is 24.7 Å². The number of benzene rings is 2. The number of hydrogen-bond acceptors (Lipinski definition) is 3. The van der Waals surface area contributed by atoms with E-state index in [0.717, 1.165) is 37.2 Å². The van der Waals surface area contributed by atoms with Crippen molar-refractivity contribution >= 4 is 29.3 Å². The predicted octanol–water partition coefficient (Wildman–Crippen LogP) is 3.04. The van der Waals surface area contributed by atoms with E-state index in [4.69, 9.17) is 5.73 Å². The zero-order valence-electron chi connectivity index (χ0n) is 13.9. The number of nitrogens with zero attached hydrogens (tertiary/aromatic N) is 1. The molecule has 0 atom stereocenters. The highest BCUT2D eigenvalue weighted by Gasteiger charge is 2.17. The topological polar surface area (TPSA) is 75.4 Å². The van der Waals surface area contributed by atoms with Crippen molar-refractivity contribution in [3.8, 4) is 0 Å². The van der Waals surface area contributed by atoms with Crippen molar-refractivity contribution < 1.29 is 9.59 Å². The van der Waals surface area contributed by atoms with Gasteiger partial charge in [0.15, 0.2) is 0 Å². The van der Waals surface area contributed by atoms with Crippen LogP contribution in [0.3, 0.4) is 0 Å². The van der Waals surface area contributed by atoms with Gasteiger partial charge in [-0.05, 0) is 42.7 Å². The zero-order chi connectivity index (χ0) is 17.6. The molecule has 5 heteroatoms. The molecule has 0 aromatic heterocycles. The largest absolute Gasteiger partial charge is 0.370 e. The molecule has 2 aromatic carbocycles. The maximum absolute atomic E-state index is 12.3. The van der Waals surface area contributed by atoms with E-state index < -0.39 is 5.91 Å². The number of rotatable bonds is 5. The summed E-state index contributed by atoms with van der Waals surface area (Å²) in [4.78, 5) is 26.0. The molecule has 0 spiro atoms. The molecule has 5 nitrogen and oxygen atoms in total. The third-order valence-electron chi connectivity index (χ3n) is 4.21. The second-order valence-corrected chi connectivity index (χ2v) is 6.02. The van der Waals surface area contributed by atoms with Gasteiger partial charge in [0.1, 0.15) is 0 Å². The molecule has 0 unspecified atom stereocenters. The van der Waals surface area contributed by atoms with E-state index in [1.54, 1.807) is 18.2 Å². The molecule has 3 N–H and O–H groups in total. The summed E-state index contributed by atoms with van der Waals surface area (Å²) in [5.41, 5.74) is 8.23. The molecule has 0 saturated carbocycles. The second kappa shape index (κ2) is 7.66. The first kappa shape index (κ1) is 16.8. The number of carbonyl (C=O) groups is 2. The molecule has 25 heavy (non-hydrogen) atoms. The summed E-state index contributed by atoms with van der Waals surface area (Å²) >= 11 is 0. The molecule has 2 aromatic rings. The molecule has 128 valence electrons. The molecule has 1 fully saturated rings. The number of amides is 2. The number of carbonyl (C=O) groups excluding carboxylic acids is 2. The molecule has 3 rings (SSSR count). The van der Waals surface area contributed by atoms with Crippen LogP contribution in [0.25, 0.3) is 6.08 Å². The van der Waals surface area contributed by atoms with E-state index in [9.17, 15) is 9.59 Å². The van der Waals surface area contributed by atoms with Gasteiger partial charge < -0.3 is 16.0 Å². The average Bonchev–Trinajstić information content (AvgIpc) is 3.15. The Morgan fingerprint density at radius 3 is 2.44 bits per heavy atom. The number of hydrogen-bond donors (Lipinski definition) is 2. The van der Waals surface area contributed by atoms with Crippen LogP contribution >= 0.6 is 0 Å². The monoisotopic (exact) mass is 335 g/mol. The highest BCUT2D eigenvalue weighted by atomic mass is 16.1. The molecule has 0 aliphatic carbocycles. The van der Waals surface area contributed by atoms with Gasteiger partial charge in [-0.3, -0.25) is 9.59 Å². The van der Waals surface area contributed by atoms with Crippen molar-refractivity contribution in [2.45, 2.75) is 12.8 Å². The van der Waals surface area contributed by atoms with E-state index in [1.807, 2.05) is 36.4 Å². The number of primary amides is 1. The summed E-state index contributed by atoms with van der Waals surface area (Å²) in [5.74, 6) is -0.755. The van der Waals surface area contributed by atoms with Crippen molar-refractivity contribution in [1.29, 1.82) is 0 Å². The Balaban J connectivity index is 1.81. The summed E-state index contributed by atoms with van der Waals surface area (Å²) < 4.78 is 0. The molecule has 0 bridgehead atoms. The number of nitrogens with two attached hydrogens (primary N) is 1. The standard InChI is InChI=1S/C20H21N3O2/c21-20(25)16-9-10-18(23-12-4-5-13-23)17(14-16)22-19(24)11-8-15-6-2-1-3-7-15/h1-3,6-11,14H,4-5,12-13H2,(H2,21,25)(H,22,24). The SMILES string of the molecule is NC(=O)c1ccc(N2CCCC2)c(NC(=O)C=Cc2ccccc2)c1. The van der Waals surface area contributed by atoms with Gasteiger partial charge in [-0.25, -0.2) is 0 Å². The van der Waals surface area contributed by atoms with Gasteiger partial charge in [0.05, 0.1) is 11.4 Å². The van der Waals surface area contributed by atoms with Crippen LogP contribution in [-0.4, -0.2) is 24.9 Å². The molecule has 1 aliphatic heterocycles. The van der Waals surface area contributed by atoms with Crippen molar-refractivity contribution in [2.75, 3.05) is 23.3 Å². The maximum Gasteiger partial charge on any atom is 0.248 e. The minimum Gasteiger partial charge on any atom is -0.370 e. The van der Waals surface area contributed by atoms with E-state index in [0.29, 0.717) is 11.3 Å².